The first-order valence-electron chi connectivity index (χ1n) is 2.34. The van der Waals surface area contributed by atoms with Gasteiger partial charge in [0.2, 0.25) is 0 Å². The van der Waals surface area contributed by atoms with E-state index in [2.05, 4.69) is 34.5 Å². The van der Waals surface area contributed by atoms with Gasteiger partial charge in [-0.3, -0.25) is 0 Å². The van der Waals surface area contributed by atoms with Gasteiger partial charge in [0, 0.05) is 11.9 Å². The van der Waals surface area contributed by atoms with Crippen LogP contribution in [0.2, 0.25) is 0 Å². The number of alkyl halides is 2. The van der Waals surface area contributed by atoms with E-state index in [1.54, 1.807) is 7.11 Å². The molecule has 3 heteroatoms. The van der Waals surface area contributed by atoms with E-state index in [9.17, 15) is 0 Å². The van der Waals surface area contributed by atoms with Crippen molar-refractivity contribution in [3.05, 3.63) is 0 Å². The molecule has 0 spiro atoms. The maximum absolute atomic E-state index is 4.96. The van der Waals surface area contributed by atoms with Gasteiger partial charge >= 0.3 is 0 Å². The van der Waals surface area contributed by atoms with Gasteiger partial charge in [0.05, 0.1) is 0 Å². The number of ether oxygens (including phenoxy) is 1. The van der Waals surface area contributed by atoms with Gasteiger partial charge in [0.25, 0.3) is 0 Å². The quantitative estimate of drug-likeness (QED) is 0.595. The Morgan fingerprint density at radius 3 is 1.75 bits per heavy atom. The van der Waals surface area contributed by atoms with Crippen LogP contribution in [0, 0.1) is 0 Å². The SMILES string of the molecule is CC(C)Br.COCCl. The molecule has 8 heavy (non-hydrogen) atoms. The molecular formula is C5H12BrClO. The Kier molecular flexibility index (Phi) is 15.4. The number of rotatable bonds is 1. The minimum Gasteiger partial charge on any atom is -0.369 e. The summed E-state index contributed by atoms with van der Waals surface area (Å²) in [6.45, 7) is 4.17. The van der Waals surface area contributed by atoms with Gasteiger partial charge in [-0.25, -0.2) is 0 Å². The van der Waals surface area contributed by atoms with Crippen molar-refractivity contribution < 1.29 is 4.74 Å². The minimum absolute atomic E-state index is 0.292. The first-order valence-corrected chi connectivity index (χ1v) is 3.79. The Labute approximate surface area is 64.5 Å². The lowest BCUT2D eigenvalue weighted by molar-refractivity contribution is 0.254. The number of hydrogen-bond acceptors (Lipinski definition) is 1. The second kappa shape index (κ2) is 10.7. The van der Waals surface area contributed by atoms with Crippen molar-refractivity contribution >= 4 is 27.5 Å². The smallest absolute Gasteiger partial charge is 0.120 e. The summed E-state index contributed by atoms with van der Waals surface area (Å²) in [5, 5.41) is 0. The Morgan fingerprint density at radius 2 is 1.75 bits per heavy atom. The third-order valence-electron chi connectivity index (χ3n) is 0.109. The summed E-state index contributed by atoms with van der Waals surface area (Å²) >= 11 is 8.23. The maximum atomic E-state index is 4.96. The van der Waals surface area contributed by atoms with Gasteiger partial charge < -0.3 is 4.74 Å². The van der Waals surface area contributed by atoms with E-state index in [0.29, 0.717) is 10.9 Å². The van der Waals surface area contributed by atoms with Crippen LogP contribution in [-0.4, -0.2) is 18.0 Å². The van der Waals surface area contributed by atoms with Crippen molar-refractivity contribution in [3.63, 3.8) is 0 Å². The molecule has 0 saturated heterocycles. The third-order valence-corrected chi connectivity index (χ3v) is 0.327. The van der Waals surface area contributed by atoms with Crippen molar-refractivity contribution in [2.75, 3.05) is 13.2 Å². The Morgan fingerprint density at radius 1 is 1.62 bits per heavy atom. The van der Waals surface area contributed by atoms with Gasteiger partial charge in [-0.2, -0.15) is 0 Å². The molecule has 0 rings (SSSR count). The van der Waals surface area contributed by atoms with Gasteiger partial charge in [0.15, 0.2) is 0 Å². The zero-order chi connectivity index (χ0) is 6.99. The zero-order valence-electron chi connectivity index (χ0n) is 5.45. The average Bonchev–Trinajstić information content (AvgIpc) is 1.65. The average molecular weight is 204 g/mol. The molecule has 0 N–H and O–H groups in total. The predicted octanol–water partition coefficient (Wildman–Crippen LogP) is 2.62. The van der Waals surface area contributed by atoms with E-state index in [0.717, 1.165) is 0 Å². The summed E-state index contributed by atoms with van der Waals surface area (Å²) in [7, 11) is 1.55. The van der Waals surface area contributed by atoms with Crippen LogP contribution >= 0.6 is 27.5 Å². The van der Waals surface area contributed by atoms with E-state index in [1.165, 1.54) is 0 Å². The van der Waals surface area contributed by atoms with E-state index in [1.807, 2.05) is 0 Å². The fraction of sp³-hybridized carbons (Fsp3) is 1.00. The molecule has 0 saturated carbocycles. The van der Waals surface area contributed by atoms with Crippen LogP contribution < -0.4 is 0 Å². The molecule has 0 heterocycles. The van der Waals surface area contributed by atoms with Gasteiger partial charge in [-0.05, 0) is 0 Å². The molecule has 0 aromatic rings. The van der Waals surface area contributed by atoms with E-state index < -0.39 is 0 Å². The molecule has 0 atom stereocenters. The summed E-state index contributed by atoms with van der Waals surface area (Å²) in [6, 6.07) is 0.292. The van der Waals surface area contributed by atoms with Crippen LogP contribution in [-0.2, 0) is 4.74 Å². The van der Waals surface area contributed by atoms with Gasteiger partial charge in [0.1, 0.15) is 6.07 Å². The van der Waals surface area contributed by atoms with Crippen LogP contribution in [0.15, 0.2) is 0 Å². The van der Waals surface area contributed by atoms with E-state index >= 15 is 0 Å². The molecule has 0 aliphatic rings. The molecule has 0 aliphatic heterocycles. The highest BCUT2D eigenvalue weighted by Crippen LogP contribution is 1.89. The molecule has 1 nitrogen and oxygen atoms in total. The van der Waals surface area contributed by atoms with Crippen LogP contribution in [0.3, 0.4) is 0 Å². The van der Waals surface area contributed by atoms with Crippen molar-refractivity contribution in [1.82, 2.24) is 0 Å². The third kappa shape index (κ3) is 73.8. The zero-order valence-corrected chi connectivity index (χ0v) is 7.79. The largest absolute Gasteiger partial charge is 0.369 e. The van der Waals surface area contributed by atoms with Crippen LogP contribution in [0.5, 0.6) is 0 Å². The van der Waals surface area contributed by atoms with Crippen molar-refractivity contribution in [2.24, 2.45) is 0 Å². The van der Waals surface area contributed by atoms with Crippen molar-refractivity contribution in [1.29, 1.82) is 0 Å². The molecule has 0 fully saturated rings. The molecule has 0 aromatic heterocycles. The number of halogens is 2. The highest BCUT2D eigenvalue weighted by Gasteiger charge is 1.71. The fourth-order valence-electron chi connectivity index (χ4n) is 0. The van der Waals surface area contributed by atoms with Gasteiger partial charge in [-0.1, -0.05) is 41.4 Å². The summed E-state index contributed by atoms with van der Waals surface area (Å²) < 4.78 is 4.31. The first-order chi connectivity index (χ1) is 3.65. The predicted molar refractivity (Wildman–Crippen MR) is 41.8 cm³/mol. The minimum atomic E-state index is 0.292. The summed E-state index contributed by atoms with van der Waals surface area (Å²) in [5.74, 6) is 0. The molecule has 0 radical (unpaired) electrons. The highest BCUT2D eigenvalue weighted by molar-refractivity contribution is 9.09. The normalized spacial score (nSPS) is 8.25. The number of hydrogen-bond donors (Lipinski definition) is 0. The molecule has 0 bridgehead atoms. The molecule has 52 valence electrons. The van der Waals surface area contributed by atoms with Crippen molar-refractivity contribution in [3.8, 4) is 0 Å². The van der Waals surface area contributed by atoms with Gasteiger partial charge in [-0.15, -0.1) is 0 Å². The lowest BCUT2D eigenvalue weighted by Gasteiger charge is -1.76. The lowest BCUT2D eigenvalue weighted by Crippen LogP contribution is -1.69. The molecule has 0 aliphatic carbocycles. The molecular weight excluding hydrogens is 191 g/mol. The Balaban J connectivity index is 0. The fourth-order valence-corrected chi connectivity index (χ4v) is 0. The van der Waals surface area contributed by atoms with E-state index in [4.69, 9.17) is 11.6 Å². The summed E-state index contributed by atoms with van der Waals surface area (Å²) in [6.07, 6.45) is 0. The van der Waals surface area contributed by atoms with Crippen LogP contribution in [0.1, 0.15) is 13.8 Å². The Hall–Kier alpha value is 0.730. The lowest BCUT2D eigenvalue weighted by atomic mass is 10.6. The summed E-state index contributed by atoms with van der Waals surface area (Å²) in [5.41, 5.74) is 0. The second-order valence-corrected chi connectivity index (χ2v) is 3.46. The Bertz CT molecular complexity index is 28.9. The summed E-state index contributed by atoms with van der Waals surface area (Å²) in [4.78, 5) is 0.646. The van der Waals surface area contributed by atoms with E-state index in [-0.39, 0.29) is 0 Å². The highest BCUT2D eigenvalue weighted by atomic mass is 79.9. The second-order valence-electron chi connectivity index (χ2n) is 1.41. The van der Waals surface area contributed by atoms with Crippen molar-refractivity contribution in [2.45, 2.75) is 18.7 Å². The van der Waals surface area contributed by atoms with Crippen LogP contribution in [0.4, 0.5) is 0 Å². The molecule has 0 amide bonds. The maximum Gasteiger partial charge on any atom is 0.120 e. The van der Waals surface area contributed by atoms with Crippen LogP contribution in [0.25, 0.3) is 0 Å². The molecule has 0 aromatic carbocycles. The molecule has 0 unspecified atom stereocenters. The first kappa shape index (κ1) is 11.5. The monoisotopic (exact) mass is 202 g/mol. The number of methoxy groups -OCH3 is 1. The topological polar surface area (TPSA) is 9.23 Å². The standard InChI is InChI=1S/C3H7Br.C2H5ClO/c1-3(2)4;1-4-2-3/h3H,1-2H3;2H2,1H3.